The van der Waals surface area contributed by atoms with Gasteiger partial charge in [-0.25, -0.2) is 4.98 Å². The van der Waals surface area contributed by atoms with E-state index in [1.165, 1.54) is 12.3 Å². The summed E-state index contributed by atoms with van der Waals surface area (Å²) in [5.41, 5.74) is 4.25. The summed E-state index contributed by atoms with van der Waals surface area (Å²) in [7, 11) is 2.04. The van der Waals surface area contributed by atoms with Gasteiger partial charge in [0.05, 0.1) is 22.2 Å². The molecule has 3 aromatic rings. The highest BCUT2D eigenvalue weighted by atomic mass is 35.5. The molecular weight excluding hydrogens is 515 g/mol. The number of benzene rings is 2. The second kappa shape index (κ2) is 10.9. The van der Waals surface area contributed by atoms with Crippen molar-refractivity contribution in [3.8, 4) is 5.88 Å². The number of alkyl halides is 3. The van der Waals surface area contributed by atoms with Crippen molar-refractivity contribution in [2.45, 2.75) is 22.6 Å². The highest BCUT2D eigenvalue weighted by molar-refractivity contribution is 7.99. The van der Waals surface area contributed by atoms with Gasteiger partial charge >= 0.3 is 6.18 Å². The van der Waals surface area contributed by atoms with Crippen LogP contribution in [-0.2, 0) is 12.8 Å². The third kappa shape index (κ3) is 6.40. The molecule has 36 heavy (non-hydrogen) atoms. The lowest BCUT2D eigenvalue weighted by molar-refractivity contribution is -0.138. The molecule has 0 aliphatic carbocycles. The molecule has 0 saturated carbocycles. The summed E-state index contributed by atoms with van der Waals surface area (Å²) in [5, 5.41) is 0.556. The summed E-state index contributed by atoms with van der Waals surface area (Å²) in [5.74, 6) is -0.436. The number of nitrogens with zero attached hydrogens (tertiary/aromatic N) is 4. The van der Waals surface area contributed by atoms with Crippen LogP contribution in [0.5, 0.6) is 5.88 Å². The number of ether oxygens (including phenoxy) is 1. The van der Waals surface area contributed by atoms with E-state index in [0.29, 0.717) is 15.9 Å². The minimum absolute atomic E-state index is 0.154. The van der Waals surface area contributed by atoms with Crippen molar-refractivity contribution in [3.05, 3.63) is 70.4 Å². The van der Waals surface area contributed by atoms with Crippen LogP contribution in [0.4, 0.5) is 19.1 Å². The first-order valence-corrected chi connectivity index (χ1v) is 12.2. The molecule has 1 saturated heterocycles. The van der Waals surface area contributed by atoms with Crippen molar-refractivity contribution in [2.24, 2.45) is 5.73 Å². The lowest BCUT2D eigenvalue weighted by atomic mass is 10.1. The van der Waals surface area contributed by atoms with Crippen molar-refractivity contribution >= 4 is 35.2 Å². The van der Waals surface area contributed by atoms with Crippen molar-refractivity contribution in [3.63, 3.8) is 0 Å². The first-order chi connectivity index (χ1) is 17.1. The summed E-state index contributed by atoms with van der Waals surface area (Å²) in [6.45, 7) is 3.33. The standard InChI is InChI=1S/C24H23ClF3N5O2S/c1-32-7-9-33(10-8-32)23-30-13-20(22(31-23)35-14-15-3-2-4-16(25)11-15)36-17-5-6-18(21(29)34)19(12-17)24(26,27)28/h2-6,11-13H,7-10,14H2,1H3,(H2,29,34). The van der Waals surface area contributed by atoms with Gasteiger partial charge in [0.2, 0.25) is 17.7 Å². The molecule has 1 aliphatic heterocycles. The number of hydrogen-bond donors (Lipinski definition) is 1. The molecule has 1 aromatic heterocycles. The van der Waals surface area contributed by atoms with Crippen LogP contribution in [0.25, 0.3) is 0 Å². The summed E-state index contributed by atoms with van der Waals surface area (Å²) in [6.07, 6.45) is -3.21. The zero-order chi connectivity index (χ0) is 25.9. The van der Waals surface area contributed by atoms with Crippen molar-refractivity contribution in [2.75, 3.05) is 38.1 Å². The first kappa shape index (κ1) is 26.1. The van der Waals surface area contributed by atoms with Crippen LogP contribution in [0.3, 0.4) is 0 Å². The molecule has 4 rings (SSSR count). The number of rotatable bonds is 7. The number of hydrogen-bond acceptors (Lipinski definition) is 7. The smallest absolute Gasteiger partial charge is 0.417 e. The molecule has 12 heteroatoms. The third-order valence-electron chi connectivity index (χ3n) is 5.55. The number of anilines is 1. The number of halogens is 4. The van der Waals surface area contributed by atoms with Crippen molar-refractivity contribution < 1.29 is 22.7 Å². The van der Waals surface area contributed by atoms with Gasteiger partial charge in [-0.3, -0.25) is 4.79 Å². The van der Waals surface area contributed by atoms with E-state index in [4.69, 9.17) is 22.1 Å². The van der Waals surface area contributed by atoms with E-state index < -0.39 is 23.2 Å². The van der Waals surface area contributed by atoms with Crippen LogP contribution in [0.15, 0.2) is 58.5 Å². The van der Waals surface area contributed by atoms with E-state index in [9.17, 15) is 18.0 Å². The summed E-state index contributed by atoms with van der Waals surface area (Å²) >= 11 is 7.07. The van der Waals surface area contributed by atoms with Gasteiger partial charge in [0.25, 0.3) is 0 Å². The maximum Gasteiger partial charge on any atom is 0.417 e. The number of aromatic nitrogens is 2. The SMILES string of the molecule is CN1CCN(c2ncc(Sc3ccc(C(N)=O)c(C(F)(F)F)c3)c(OCc3cccc(Cl)c3)n2)CC1. The maximum absolute atomic E-state index is 13.5. The van der Waals surface area contributed by atoms with Crippen molar-refractivity contribution in [1.82, 2.24) is 14.9 Å². The fourth-order valence-electron chi connectivity index (χ4n) is 3.62. The van der Waals surface area contributed by atoms with Crippen LogP contribution < -0.4 is 15.4 Å². The van der Waals surface area contributed by atoms with Gasteiger partial charge in [0.15, 0.2) is 0 Å². The molecule has 2 aromatic carbocycles. The number of carbonyl (C=O) groups is 1. The van der Waals surface area contributed by atoms with Crippen LogP contribution in [0.1, 0.15) is 21.5 Å². The Hall–Kier alpha value is -3.02. The molecule has 0 atom stereocenters. The van der Waals surface area contributed by atoms with Crippen LogP contribution in [0.2, 0.25) is 5.02 Å². The largest absolute Gasteiger partial charge is 0.472 e. The quantitative estimate of drug-likeness (QED) is 0.466. The molecule has 1 aliphatic rings. The molecule has 1 amide bonds. The van der Waals surface area contributed by atoms with Crippen molar-refractivity contribution in [1.29, 1.82) is 0 Å². The number of nitrogens with two attached hydrogens (primary N) is 1. The number of likely N-dealkylation sites (N-methyl/N-ethyl adjacent to an activating group) is 1. The fraction of sp³-hybridized carbons (Fsp3) is 0.292. The molecule has 0 bridgehead atoms. The monoisotopic (exact) mass is 537 g/mol. The molecule has 7 nitrogen and oxygen atoms in total. The molecular formula is C24H23ClF3N5O2S. The Morgan fingerprint density at radius 1 is 1.17 bits per heavy atom. The number of amides is 1. The first-order valence-electron chi connectivity index (χ1n) is 11.0. The normalized spacial score (nSPS) is 14.6. The van der Waals surface area contributed by atoms with Gasteiger partial charge < -0.3 is 20.3 Å². The molecule has 2 N–H and O–H groups in total. The molecule has 2 heterocycles. The second-order valence-corrected chi connectivity index (χ2v) is 9.77. The minimum Gasteiger partial charge on any atom is -0.472 e. The topological polar surface area (TPSA) is 84.6 Å². The lowest BCUT2D eigenvalue weighted by Crippen LogP contribution is -2.45. The Balaban J connectivity index is 1.65. The van der Waals surface area contributed by atoms with Crippen LogP contribution >= 0.6 is 23.4 Å². The van der Waals surface area contributed by atoms with Crippen LogP contribution in [-0.4, -0.2) is 54.0 Å². The predicted octanol–water partition coefficient (Wildman–Crippen LogP) is 4.73. The zero-order valence-corrected chi connectivity index (χ0v) is 20.8. The Bertz CT molecular complexity index is 1250. The predicted molar refractivity (Wildman–Crippen MR) is 132 cm³/mol. The zero-order valence-electron chi connectivity index (χ0n) is 19.3. The Kier molecular flexibility index (Phi) is 7.91. The lowest BCUT2D eigenvalue weighted by Gasteiger charge is -2.32. The highest BCUT2D eigenvalue weighted by Crippen LogP contribution is 2.39. The second-order valence-electron chi connectivity index (χ2n) is 8.22. The van der Waals surface area contributed by atoms with Crippen LogP contribution in [0, 0.1) is 0 Å². The molecule has 0 spiro atoms. The maximum atomic E-state index is 13.5. The molecule has 0 radical (unpaired) electrons. The van der Waals surface area contributed by atoms with Gasteiger partial charge in [0.1, 0.15) is 6.61 Å². The van der Waals surface area contributed by atoms with E-state index in [-0.39, 0.29) is 17.4 Å². The van der Waals surface area contributed by atoms with Gasteiger partial charge in [-0.1, -0.05) is 35.5 Å². The highest BCUT2D eigenvalue weighted by Gasteiger charge is 2.35. The van der Waals surface area contributed by atoms with Gasteiger partial charge in [-0.2, -0.15) is 18.2 Å². The Morgan fingerprint density at radius 2 is 1.92 bits per heavy atom. The summed E-state index contributed by atoms with van der Waals surface area (Å²) in [6, 6.07) is 10.5. The number of carbonyl (C=O) groups excluding carboxylic acids is 1. The molecule has 1 fully saturated rings. The molecule has 0 unspecified atom stereocenters. The number of primary amides is 1. The summed E-state index contributed by atoms with van der Waals surface area (Å²) < 4.78 is 46.6. The Morgan fingerprint density at radius 3 is 2.58 bits per heavy atom. The van der Waals surface area contributed by atoms with E-state index >= 15 is 0 Å². The van der Waals surface area contributed by atoms with E-state index in [2.05, 4.69) is 14.9 Å². The average molecular weight is 538 g/mol. The van der Waals surface area contributed by atoms with Gasteiger partial charge in [0, 0.05) is 36.1 Å². The average Bonchev–Trinajstić information content (AvgIpc) is 2.83. The minimum atomic E-state index is -4.74. The number of piperazine rings is 1. The summed E-state index contributed by atoms with van der Waals surface area (Å²) in [4.78, 5) is 25.4. The van der Waals surface area contributed by atoms with E-state index in [1.807, 2.05) is 18.0 Å². The fourth-order valence-corrected chi connectivity index (χ4v) is 4.70. The molecule has 190 valence electrons. The third-order valence-corrected chi connectivity index (χ3v) is 6.77. The van der Waals surface area contributed by atoms with E-state index in [1.54, 1.807) is 18.2 Å². The Labute approximate surface area is 215 Å². The van der Waals surface area contributed by atoms with Gasteiger partial charge in [-0.15, -0.1) is 0 Å². The van der Waals surface area contributed by atoms with E-state index in [0.717, 1.165) is 55.6 Å². The van der Waals surface area contributed by atoms with Gasteiger partial charge in [-0.05, 0) is 42.9 Å².